The first-order chi connectivity index (χ1) is 7.77. The van der Waals surface area contributed by atoms with Crippen LogP contribution < -0.4 is 5.73 Å². The third-order valence-electron chi connectivity index (χ3n) is 3.47. The standard InChI is InChI=1S/C14H19NO/c15-14(16)10-4-8-12-7-3-6-11-5-1-2-9-13(11)12/h1-2,5,9,12H,3-4,6-8,10H2,(H2,15,16). The predicted molar refractivity (Wildman–Crippen MR) is 65.2 cm³/mol. The van der Waals surface area contributed by atoms with Crippen LogP contribution in [-0.4, -0.2) is 5.91 Å². The number of amides is 1. The number of nitrogens with two attached hydrogens (primary N) is 1. The first-order valence-electron chi connectivity index (χ1n) is 6.13. The quantitative estimate of drug-likeness (QED) is 0.828. The maximum atomic E-state index is 10.7. The van der Waals surface area contributed by atoms with Crippen LogP contribution in [0.25, 0.3) is 0 Å². The van der Waals surface area contributed by atoms with Crippen LogP contribution >= 0.6 is 0 Å². The van der Waals surface area contributed by atoms with Gasteiger partial charge >= 0.3 is 0 Å². The molecule has 0 fully saturated rings. The maximum Gasteiger partial charge on any atom is 0.217 e. The Labute approximate surface area is 96.8 Å². The second kappa shape index (κ2) is 5.15. The number of aryl methyl sites for hydroxylation is 1. The number of benzene rings is 1. The lowest BCUT2D eigenvalue weighted by atomic mass is 9.80. The van der Waals surface area contributed by atoms with Gasteiger partial charge in [-0.05, 0) is 49.1 Å². The van der Waals surface area contributed by atoms with E-state index >= 15 is 0 Å². The Morgan fingerprint density at radius 1 is 1.38 bits per heavy atom. The molecule has 1 aromatic carbocycles. The molecule has 0 saturated heterocycles. The van der Waals surface area contributed by atoms with Crippen molar-refractivity contribution >= 4 is 5.91 Å². The highest BCUT2D eigenvalue weighted by Crippen LogP contribution is 2.34. The molecule has 1 aliphatic carbocycles. The number of primary amides is 1. The van der Waals surface area contributed by atoms with Gasteiger partial charge in [0.1, 0.15) is 0 Å². The van der Waals surface area contributed by atoms with Gasteiger partial charge in [-0.2, -0.15) is 0 Å². The lowest BCUT2D eigenvalue weighted by Gasteiger charge is -2.25. The molecule has 0 saturated carbocycles. The molecule has 1 aliphatic rings. The smallest absolute Gasteiger partial charge is 0.217 e. The summed E-state index contributed by atoms with van der Waals surface area (Å²) in [4.78, 5) is 10.7. The lowest BCUT2D eigenvalue weighted by Crippen LogP contribution is -2.13. The van der Waals surface area contributed by atoms with Crippen LogP contribution in [0.2, 0.25) is 0 Å². The average molecular weight is 217 g/mol. The molecule has 0 aliphatic heterocycles. The molecule has 2 N–H and O–H groups in total. The van der Waals surface area contributed by atoms with Crippen LogP contribution in [0.3, 0.4) is 0 Å². The molecule has 1 amide bonds. The van der Waals surface area contributed by atoms with E-state index < -0.39 is 0 Å². The molecule has 16 heavy (non-hydrogen) atoms. The van der Waals surface area contributed by atoms with E-state index in [0.29, 0.717) is 12.3 Å². The van der Waals surface area contributed by atoms with Crippen molar-refractivity contribution in [2.75, 3.05) is 0 Å². The van der Waals surface area contributed by atoms with Gasteiger partial charge in [-0.15, -0.1) is 0 Å². The summed E-state index contributed by atoms with van der Waals surface area (Å²) in [7, 11) is 0. The summed E-state index contributed by atoms with van der Waals surface area (Å²) in [5, 5.41) is 0. The fraction of sp³-hybridized carbons (Fsp3) is 0.500. The maximum absolute atomic E-state index is 10.7. The second-order valence-electron chi connectivity index (χ2n) is 4.65. The highest BCUT2D eigenvalue weighted by molar-refractivity contribution is 5.73. The predicted octanol–water partition coefficient (Wildman–Crippen LogP) is 2.76. The van der Waals surface area contributed by atoms with Gasteiger partial charge in [-0.1, -0.05) is 24.3 Å². The summed E-state index contributed by atoms with van der Waals surface area (Å²) in [6.45, 7) is 0. The Kier molecular flexibility index (Phi) is 3.60. The minimum absolute atomic E-state index is 0.177. The largest absolute Gasteiger partial charge is 0.370 e. The molecule has 0 aromatic heterocycles. The summed E-state index contributed by atoms with van der Waals surface area (Å²) >= 11 is 0. The third-order valence-corrected chi connectivity index (χ3v) is 3.47. The molecule has 0 bridgehead atoms. The summed E-state index contributed by atoms with van der Waals surface area (Å²) < 4.78 is 0. The van der Waals surface area contributed by atoms with Crippen molar-refractivity contribution in [2.45, 2.75) is 44.4 Å². The van der Waals surface area contributed by atoms with Crippen molar-refractivity contribution in [1.29, 1.82) is 0 Å². The van der Waals surface area contributed by atoms with Gasteiger partial charge in [0.05, 0.1) is 0 Å². The zero-order valence-electron chi connectivity index (χ0n) is 9.61. The molecule has 1 unspecified atom stereocenters. The average Bonchev–Trinajstić information content (AvgIpc) is 2.29. The molecular weight excluding hydrogens is 198 g/mol. The van der Waals surface area contributed by atoms with Gasteiger partial charge in [0.25, 0.3) is 0 Å². The van der Waals surface area contributed by atoms with Gasteiger partial charge in [0.2, 0.25) is 5.91 Å². The minimum Gasteiger partial charge on any atom is -0.370 e. The van der Waals surface area contributed by atoms with Crippen molar-refractivity contribution in [3.05, 3.63) is 35.4 Å². The molecule has 86 valence electrons. The number of carbonyl (C=O) groups excluding carboxylic acids is 1. The second-order valence-corrected chi connectivity index (χ2v) is 4.65. The SMILES string of the molecule is NC(=O)CCCC1CCCc2ccccc21. The summed E-state index contributed by atoms with van der Waals surface area (Å²) in [6.07, 6.45) is 6.30. The Morgan fingerprint density at radius 3 is 3.00 bits per heavy atom. The Hall–Kier alpha value is -1.31. The lowest BCUT2D eigenvalue weighted by molar-refractivity contribution is -0.118. The summed E-state index contributed by atoms with van der Waals surface area (Å²) in [6, 6.07) is 8.70. The Balaban J connectivity index is 1.99. The fourth-order valence-corrected chi connectivity index (χ4v) is 2.68. The van der Waals surface area contributed by atoms with Crippen LogP contribution in [0.15, 0.2) is 24.3 Å². The van der Waals surface area contributed by atoms with Gasteiger partial charge in [0, 0.05) is 6.42 Å². The van der Waals surface area contributed by atoms with E-state index in [2.05, 4.69) is 24.3 Å². The fourth-order valence-electron chi connectivity index (χ4n) is 2.68. The molecule has 0 spiro atoms. The number of hydrogen-bond donors (Lipinski definition) is 1. The van der Waals surface area contributed by atoms with E-state index in [9.17, 15) is 4.79 Å². The zero-order valence-corrected chi connectivity index (χ0v) is 9.61. The van der Waals surface area contributed by atoms with Crippen molar-refractivity contribution in [3.63, 3.8) is 0 Å². The number of fused-ring (bicyclic) bond motifs is 1. The van der Waals surface area contributed by atoms with E-state index in [1.165, 1.54) is 30.4 Å². The Morgan fingerprint density at radius 2 is 2.19 bits per heavy atom. The van der Waals surface area contributed by atoms with Crippen LogP contribution in [-0.2, 0) is 11.2 Å². The zero-order chi connectivity index (χ0) is 11.4. The Bertz CT molecular complexity index is 373. The van der Waals surface area contributed by atoms with E-state index in [1.54, 1.807) is 0 Å². The molecule has 0 heterocycles. The molecular formula is C14H19NO. The van der Waals surface area contributed by atoms with Gasteiger partial charge in [0.15, 0.2) is 0 Å². The third kappa shape index (κ3) is 2.63. The van der Waals surface area contributed by atoms with Crippen molar-refractivity contribution < 1.29 is 4.79 Å². The minimum atomic E-state index is -0.177. The molecule has 0 radical (unpaired) electrons. The van der Waals surface area contributed by atoms with E-state index in [1.807, 2.05) is 0 Å². The highest BCUT2D eigenvalue weighted by Gasteiger charge is 2.19. The van der Waals surface area contributed by atoms with Crippen LogP contribution in [0.5, 0.6) is 0 Å². The van der Waals surface area contributed by atoms with Crippen molar-refractivity contribution in [3.8, 4) is 0 Å². The first kappa shape index (κ1) is 11.2. The van der Waals surface area contributed by atoms with Crippen LogP contribution in [0.1, 0.15) is 49.1 Å². The highest BCUT2D eigenvalue weighted by atomic mass is 16.1. The first-order valence-corrected chi connectivity index (χ1v) is 6.13. The number of hydrogen-bond acceptors (Lipinski definition) is 1. The topological polar surface area (TPSA) is 43.1 Å². The van der Waals surface area contributed by atoms with Crippen LogP contribution in [0.4, 0.5) is 0 Å². The number of carbonyl (C=O) groups is 1. The molecule has 2 rings (SSSR count). The monoisotopic (exact) mass is 217 g/mol. The molecule has 1 aromatic rings. The van der Waals surface area contributed by atoms with Crippen molar-refractivity contribution in [2.24, 2.45) is 5.73 Å². The number of rotatable bonds is 4. The summed E-state index contributed by atoms with van der Waals surface area (Å²) in [5.74, 6) is 0.466. The van der Waals surface area contributed by atoms with Crippen molar-refractivity contribution in [1.82, 2.24) is 0 Å². The van der Waals surface area contributed by atoms with Gasteiger partial charge in [-0.3, -0.25) is 4.79 Å². The summed E-state index contributed by atoms with van der Waals surface area (Å²) in [5.41, 5.74) is 8.16. The van der Waals surface area contributed by atoms with E-state index in [4.69, 9.17) is 5.73 Å². The molecule has 2 nitrogen and oxygen atoms in total. The molecule has 1 atom stereocenters. The van der Waals surface area contributed by atoms with E-state index in [-0.39, 0.29) is 5.91 Å². The normalized spacial score (nSPS) is 19.1. The van der Waals surface area contributed by atoms with E-state index in [0.717, 1.165) is 12.8 Å². The molecule has 2 heteroatoms. The van der Waals surface area contributed by atoms with Gasteiger partial charge in [-0.25, -0.2) is 0 Å². The van der Waals surface area contributed by atoms with Gasteiger partial charge < -0.3 is 5.73 Å². The van der Waals surface area contributed by atoms with Crippen LogP contribution in [0, 0.1) is 0 Å².